The Morgan fingerprint density at radius 2 is 1.63 bits per heavy atom. The number of carboxylic acids is 1. The molecule has 6 nitrogen and oxygen atoms in total. The van der Waals surface area contributed by atoms with Crippen molar-refractivity contribution in [1.82, 2.24) is 0 Å². The third-order valence-corrected chi connectivity index (χ3v) is 4.99. The molecule has 3 rings (SSSR count). The minimum absolute atomic E-state index is 0.240. The van der Waals surface area contributed by atoms with Crippen LogP contribution in [0.2, 0.25) is 5.02 Å². The van der Waals surface area contributed by atoms with Crippen LogP contribution < -0.4 is 10.6 Å². The maximum atomic E-state index is 12.5. The van der Waals surface area contributed by atoms with Gasteiger partial charge in [0, 0.05) is 17.3 Å². The van der Waals surface area contributed by atoms with Gasteiger partial charge in [-0.25, -0.2) is 0 Å². The van der Waals surface area contributed by atoms with E-state index in [1.54, 1.807) is 36.4 Å². The standard InChI is InChI=1S/C20H19ClN2O4/c21-17-9-8-15(23-18(24)12-6-7-13(10-12)20(26)27)11-16(17)19(25)22-14-4-2-1-3-5-14/h1-5,8-9,11-13H,6-7,10H2,(H,22,25)(H,23,24)(H,26,27)/t12-,13+/m0/s1. The largest absolute Gasteiger partial charge is 0.481 e. The Morgan fingerprint density at radius 3 is 2.30 bits per heavy atom. The first-order valence-corrected chi connectivity index (χ1v) is 9.01. The van der Waals surface area contributed by atoms with Gasteiger partial charge >= 0.3 is 5.97 Å². The van der Waals surface area contributed by atoms with Crippen molar-refractivity contribution in [3.63, 3.8) is 0 Å². The maximum Gasteiger partial charge on any atom is 0.306 e. The summed E-state index contributed by atoms with van der Waals surface area (Å²) >= 11 is 6.14. The van der Waals surface area contributed by atoms with Crippen molar-refractivity contribution in [1.29, 1.82) is 0 Å². The van der Waals surface area contributed by atoms with Crippen LogP contribution in [0, 0.1) is 11.8 Å². The van der Waals surface area contributed by atoms with E-state index in [1.165, 1.54) is 6.07 Å². The number of nitrogens with one attached hydrogen (secondary N) is 2. The van der Waals surface area contributed by atoms with Gasteiger partial charge in [0.15, 0.2) is 0 Å². The van der Waals surface area contributed by atoms with Crippen LogP contribution in [-0.4, -0.2) is 22.9 Å². The quantitative estimate of drug-likeness (QED) is 0.722. The van der Waals surface area contributed by atoms with Gasteiger partial charge in [-0.2, -0.15) is 0 Å². The topological polar surface area (TPSA) is 95.5 Å². The lowest BCUT2D eigenvalue weighted by Crippen LogP contribution is -2.22. The lowest BCUT2D eigenvalue weighted by molar-refractivity contribution is -0.141. The Bertz CT molecular complexity index is 870. The Morgan fingerprint density at radius 1 is 0.926 bits per heavy atom. The van der Waals surface area contributed by atoms with Crippen molar-refractivity contribution in [3.8, 4) is 0 Å². The van der Waals surface area contributed by atoms with Crippen LogP contribution in [0.1, 0.15) is 29.6 Å². The summed E-state index contributed by atoms with van der Waals surface area (Å²) in [5.74, 6) is -2.30. The number of anilines is 2. The average Bonchev–Trinajstić information content (AvgIpc) is 3.15. The highest BCUT2D eigenvalue weighted by Gasteiger charge is 2.33. The van der Waals surface area contributed by atoms with E-state index in [0.29, 0.717) is 30.6 Å². The van der Waals surface area contributed by atoms with Crippen LogP contribution in [-0.2, 0) is 9.59 Å². The van der Waals surface area contributed by atoms with Crippen LogP contribution in [0.15, 0.2) is 48.5 Å². The Labute approximate surface area is 161 Å². The number of benzene rings is 2. The van der Waals surface area contributed by atoms with E-state index in [1.807, 2.05) is 6.07 Å². The second kappa shape index (κ2) is 8.22. The molecular formula is C20H19ClN2O4. The molecule has 2 aromatic carbocycles. The zero-order valence-corrected chi connectivity index (χ0v) is 15.2. The molecule has 140 valence electrons. The van der Waals surface area contributed by atoms with Crippen LogP contribution >= 0.6 is 11.6 Å². The molecule has 0 aliphatic heterocycles. The highest BCUT2D eigenvalue weighted by molar-refractivity contribution is 6.34. The van der Waals surface area contributed by atoms with Crippen molar-refractivity contribution >= 4 is 40.8 Å². The van der Waals surface area contributed by atoms with E-state index >= 15 is 0 Å². The number of hydrogen-bond donors (Lipinski definition) is 3. The summed E-state index contributed by atoms with van der Waals surface area (Å²) < 4.78 is 0. The van der Waals surface area contributed by atoms with Gasteiger partial charge in [-0.05, 0) is 49.6 Å². The Hall–Kier alpha value is -2.86. The van der Waals surface area contributed by atoms with Crippen molar-refractivity contribution in [3.05, 3.63) is 59.1 Å². The van der Waals surface area contributed by atoms with E-state index in [2.05, 4.69) is 10.6 Å². The van der Waals surface area contributed by atoms with Crippen molar-refractivity contribution < 1.29 is 19.5 Å². The summed E-state index contributed by atoms with van der Waals surface area (Å²) in [6, 6.07) is 13.7. The first-order valence-electron chi connectivity index (χ1n) is 8.63. The molecule has 0 spiro atoms. The fraction of sp³-hybridized carbons (Fsp3) is 0.250. The molecule has 1 aliphatic rings. The van der Waals surface area contributed by atoms with E-state index in [4.69, 9.17) is 16.7 Å². The number of aliphatic carboxylic acids is 1. The van der Waals surface area contributed by atoms with Gasteiger partial charge in [-0.1, -0.05) is 29.8 Å². The number of halogens is 1. The minimum atomic E-state index is -0.864. The van der Waals surface area contributed by atoms with Gasteiger partial charge in [-0.3, -0.25) is 14.4 Å². The summed E-state index contributed by atoms with van der Waals surface area (Å²) in [5.41, 5.74) is 1.33. The average molecular weight is 387 g/mol. The number of amides is 2. The lowest BCUT2D eigenvalue weighted by atomic mass is 10.0. The van der Waals surface area contributed by atoms with Crippen molar-refractivity contribution in [2.45, 2.75) is 19.3 Å². The molecule has 0 unspecified atom stereocenters. The van der Waals surface area contributed by atoms with E-state index in [-0.39, 0.29) is 28.3 Å². The maximum absolute atomic E-state index is 12.5. The molecule has 1 fully saturated rings. The summed E-state index contributed by atoms with van der Waals surface area (Å²) in [4.78, 5) is 35.9. The monoisotopic (exact) mass is 386 g/mol. The molecule has 0 radical (unpaired) electrons. The molecule has 3 N–H and O–H groups in total. The zero-order valence-electron chi connectivity index (χ0n) is 14.4. The lowest BCUT2D eigenvalue weighted by Gasteiger charge is -2.13. The van der Waals surface area contributed by atoms with Crippen molar-refractivity contribution in [2.75, 3.05) is 10.6 Å². The van der Waals surface area contributed by atoms with Gasteiger partial charge in [0.1, 0.15) is 0 Å². The molecule has 0 aromatic heterocycles. The molecule has 1 saturated carbocycles. The smallest absolute Gasteiger partial charge is 0.306 e. The second-order valence-electron chi connectivity index (χ2n) is 6.55. The molecule has 2 atom stereocenters. The molecule has 2 aromatic rings. The summed E-state index contributed by atoms with van der Waals surface area (Å²) in [5, 5.41) is 14.8. The minimum Gasteiger partial charge on any atom is -0.481 e. The van der Waals surface area contributed by atoms with Crippen LogP contribution in [0.25, 0.3) is 0 Å². The van der Waals surface area contributed by atoms with Gasteiger partial charge < -0.3 is 15.7 Å². The fourth-order valence-corrected chi connectivity index (χ4v) is 3.39. The number of rotatable bonds is 5. The highest BCUT2D eigenvalue weighted by atomic mass is 35.5. The molecule has 0 heterocycles. The van der Waals surface area contributed by atoms with Gasteiger partial charge in [-0.15, -0.1) is 0 Å². The number of carbonyl (C=O) groups is 3. The predicted molar refractivity (Wildman–Crippen MR) is 103 cm³/mol. The Balaban J connectivity index is 1.69. The summed E-state index contributed by atoms with van der Waals surface area (Å²) in [6.45, 7) is 0. The fourth-order valence-electron chi connectivity index (χ4n) is 3.19. The van der Waals surface area contributed by atoms with Gasteiger partial charge in [0.05, 0.1) is 16.5 Å². The summed E-state index contributed by atoms with van der Waals surface area (Å²) in [6.07, 6.45) is 1.37. The summed E-state index contributed by atoms with van der Waals surface area (Å²) in [7, 11) is 0. The van der Waals surface area contributed by atoms with E-state index in [0.717, 1.165) is 0 Å². The molecule has 0 bridgehead atoms. The molecule has 1 aliphatic carbocycles. The SMILES string of the molecule is O=C(Nc1ccccc1)c1cc(NC(=O)[C@H]2CC[C@@H](C(=O)O)C2)ccc1Cl. The third kappa shape index (κ3) is 4.65. The third-order valence-electron chi connectivity index (χ3n) is 4.66. The first kappa shape index (κ1) is 18.9. The van der Waals surface area contributed by atoms with Crippen molar-refractivity contribution in [2.24, 2.45) is 11.8 Å². The van der Waals surface area contributed by atoms with Crippen LogP contribution in [0.4, 0.5) is 11.4 Å². The Kier molecular flexibility index (Phi) is 5.76. The number of carboxylic acid groups (broad SMARTS) is 1. The zero-order chi connectivity index (χ0) is 19.4. The first-order chi connectivity index (χ1) is 12.9. The normalized spacial score (nSPS) is 18.7. The predicted octanol–water partition coefficient (Wildman–Crippen LogP) is 4.03. The van der Waals surface area contributed by atoms with Gasteiger partial charge in [0.2, 0.25) is 5.91 Å². The molecule has 0 saturated heterocycles. The van der Waals surface area contributed by atoms with Crippen LogP contribution in [0.5, 0.6) is 0 Å². The van der Waals surface area contributed by atoms with E-state index < -0.39 is 11.9 Å². The molecule has 2 amide bonds. The second-order valence-corrected chi connectivity index (χ2v) is 6.96. The number of carbonyl (C=O) groups excluding carboxylic acids is 2. The number of hydrogen-bond acceptors (Lipinski definition) is 3. The highest BCUT2D eigenvalue weighted by Crippen LogP contribution is 2.32. The van der Waals surface area contributed by atoms with Crippen LogP contribution in [0.3, 0.4) is 0 Å². The van der Waals surface area contributed by atoms with Gasteiger partial charge in [0.25, 0.3) is 5.91 Å². The van der Waals surface area contributed by atoms with E-state index in [9.17, 15) is 14.4 Å². The molecule has 7 heteroatoms. The molecular weight excluding hydrogens is 368 g/mol. The number of para-hydroxylation sites is 1. The molecule has 27 heavy (non-hydrogen) atoms.